The van der Waals surface area contributed by atoms with Crippen LogP contribution in [0.15, 0.2) is 67.0 Å². The number of carbonyl (C=O) groups is 1. The fraction of sp³-hybridized carbons (Fsp3) is 0.0952. The molecule has 4 nitrogen and oxygen atoms in total. The van der Waals surface area contributed by atoms with E-state index >= 15 is 0 Å². The highest BCUT2D eigenvalue weighted by Crippen LogP contribution is 2.36. The van der Waals surface area contributed by atoms with Crippen LogP contribution in [-0.2, 0) is 6.42 Å². The first-order valence-corrected chi connectivity index (χ1v) is 8.12. The molecule has 0 atom stereocenters. The number of anilines is 1. The van der Waals surface area contributed by atoms with Gasteiger partial charge in [-0.1, -0.05) is 30.3 Å². The first-order chi connectivity index (χ1) is 12.3. The molecule has 0 fully saturated rings. The number of benzene rings is 2. The van der Waals surface area contributed by atoms with Gasteiger partial charge in [0.2, 0.25) is 0 Å². The summed E-state index contributed by atoms with van der Waals surface area (Å²) in [5, 5.41) is 8.95. The van der Waals surface area contributed by atoms with Crippen LogP contribution in [0.25, 0.3) is 11.1 Å². The Balaban J connectivity index is 1.72. The van der Waals surface area contributed by atoms with Crippen LogP contribution in [0, 0.1) is 11.3 Å². The van der Waals surface area contributed by atoms with Gasteiger partial charge in [-0.15, -0.1) is 0 Å². The molecule has 4 rings (SSSR count). The lowest BCUT2D eigenvalue weighted by Crippen LogP contribution is -2.28. The van der Waals surface area contributed by atoms with Gasteiger partial charge in [0.05, 0.1) is 23.5 Å². The third-order valence-electron chi connectivity index (χ3n) is 4.50. The largest absolute Gasteiger partial charge is 0.306 e. The Hall–Kier alpha value is -3.45. The molecule has 3 aromatic rings. The number of hydrogen-bond acceptors (Lipinski definition) is 3. The molecule has 0 N–H and O–H groups in total. The summed E-state index contributed by atoms with van der Waals surface area (Å²) in [6, 6.07) is 18.9. The molecule has 4 heteroatoms. The molecule has 1 aromatic heterocycles. The van der Waals surface area contributed by atoms with Gasteiger partial charge in [-0.25, -0.2) is 0 Å². The van der Waals surface area contributed by atoms with E-state index < -0.39 is 0 Å². The standard InChI is InChI=1S/C21H15N3O/c22-12-15-6-8-16(9-7-15)19-13-23-14-20-18(19)10-11-24(20)21(25)17-4-2-1-3-5-17/h1-9,13-14H,10-11H2. The maximum atomic E-state index is 12.8. The predicted octanol–water partition coefficient (Wildman–Crippen LogP) is 3.82. The van der Waals surface area contributed by atoms with Crippen molar-refractivity contribution in [2.75, 3.05) is 11.4 Å². The van der Waals surface area contributed by atoms with Crippen molar-refractivity contribution >= 4 is 11.6 Å². The first kappa shape index (κ1) is 15.1. The second kappa shape index (κ2) is 6.21. The normalized spacial score (nSPS) is 12.5. The van der Waals surface area contributed by atoms with Crippen molar-refractivity contribution in [3.63, 3.8) is 0 Å². The molecule has 0 saturated carbocycles. The Labute approximate surface area is 146 Å². The summed E-state index contributed by atoms with van der Waals surface area (Å²) in [5.41, 5.74) is 5.34. The molecule has 2 heterocycles. The monoisotopic (exact) mass is 325 g/mol. The second-order valence-corrected chi connectivity index (χ2v) is 5.95. The van der Waals surface area contributed by atoms with E-state index in [1.807, 2.05) is 48.7 Å². The van der Waals surface area contributed by atoms with Crippen molar-refractivity contribution in [3.8, 4) is 17.2 Å². The Morgan fingerprint density at radius 2 is 1.80 bits per heavy atom. The summed E-state index contributed by atoms with van der Waals surface area (Å²) in [5.74, 6) is -0.00173. The van der Waals surface area contributed by atoms with Gasteiger partial charge in [-0.2, -0.15) is 5.26 Å². The lowest BCUT2D eigenvalue weighted by atomic mass is 9.99. The molecule has 2 aromatic carbocycles. The molecule has 120 valence electrons. The Morgan fingerprint density at radius 1 is 1.04 bits per heavy atom. The summed E-state index contributed by atoms with van der Waals surface area (Å²) in [7, 11) is 0. The van der Waals surface area contributed by atoms with Crippen molar-refractivity contribution in [2.45, 2.75) is 6.42 Å². The number of rotatable bonds is 2. The number of fused-ring (bicyclic) bond motifs is 1. The molecule has 0 unspecified atom stereocenters. The predicted molar refractivity (Wildman–Crippen MR) is 96.2 cm³/mol. The van der Waals surface area contributed by atoms with Gasteiger partial charge in [0.25, 0.3) is 5.91 Å². The Kier molecular flexibility index (Phi) is 3.75. The molecule has 25 heavy (non-hydrogen) atoms. The minimum atomic E-state index is -0.00173. The van der Waals surface area contributed by atoms with E-state index in [0.717, 1.165) is 28.8 Å². The fourth-order valence-electron chi connectivity index (χ4n) is 3.24. The average molecular weight is 325 g/mol. The van der Waals surface area contributed by atoms with E-state index in [1.165, 1.54) is 0 Å². The van der Waals surface area contributed by atoms with Crippen molar-refractivity contribution in [1.82, 2.24) is 4.98 Å². The van der Waals surface area contributed by atoms with E-state index in [2.05, 4.69) is 11.1 Å². The fourth-order valence-corrected chi connectivity index (χ4v) is 3.24. The maximum absolute atomic E-state index is 12.8. The van der Waals surface area contributed by atoms with Gasteiger partial charge in [-0.3, -0.25) is 9.78 Å². The van der Waals surface area contributed by atoms with Crippen LogP contribution in [0.5, 0.6) is 0 Å². The molecule has 0 saturated heterocycles. The molecular formula is C21H15N3O. The topological polar surface area (TPSA) is 57.0 Å². The number of amides is 1. The average Bonchev–Trinajstić information content (AvgIpc) is 3.12. The molecule has 0 bridgehead atoms. The van der Waals surface area contributed by atoms with Crippen LogP contribution in [0.1, 0.15) is 21.5 Å². The Morgan fingerprint density at radius 3 is 2.52 bits per heavy atom. The van der Waals surface area contributed by atoms with Crippen molar-refractivity contribution in [3.05, 3.63) is 83.7 Å². The zero-order valence-electron chi connectivity index (χ0n) is 13.5. The lowest BCUT2D eigenvalue weighted by molar-refractivity contribution is 0.0989. The third kappa shape index (κ3) is 2.66. The van der Waals surface area contributed by atoms with Crippen LogP contribution in [0.4, 0.5) is 5.69 Å². The number of nitrogens with zero attached hydrogens (tertiary/aromatic N) is 3. The van der Waals surface area contributed by atoms with Crippen LogP contribution in [0.2, 0.25) is 0 Å². The molecule has 0 aliphatic carbocycles. The molecule has 1 aliphatic rings. The van der Waals surface area contributed by atoms with Crippen molar-refractivity contribution in [1.29, 1.82) is 5.26 Å². The van der Waals surface area contributed by atoms with Crippen LogP contribution in [0.3, 0.4) is 0 Å². The number of hydrogen-bond donors (Lipinski definition) is 0. The molecular weight excluding hydrogens is 310 g/mol. The minimum absolute atomic E-state index is 0.00173. The number of nitriles is 1. The molecule has 0 spiro atoms. The molecule has 1 amide bonds. The first-order valence-electron chi connectivity index (χ1n) is 8.12. The minimum Gasteiger partial charge on any atom is -0.306 e. The third-order valence-corrected chi connectivity index (χ3v) is 4.50. The zero-order valence-corrected chi connectivity index (χ0v) is 13.5. The highest BCUT2D eigenvalue weighted by Gasteiger charge is 2.28. The second-order valence-electron chi connectivity index (χ2n) is 5.95. The summed E-state index contributed by atoms with van der Waals surface area (Å²) >= 11 is 0. The summed E-state index contributed by atoms with van der Waals surface area (Å²) in [6.07, 6.45) is 4.39. The number of pyridine rings is 1. The summed E-state index contributed by atoms with van der Waals surface area (Å²) in [4.78, 5) is 18.9. The van der Waals surface area contributed by atoms with Gasteiger partial charge in [-0.05, 0) is 41.8 Å². The smallest absolute Gasteiger partial charge is 0.258 e. The quantitative estimate of drug-likeness (QED) is 0.719. The van der Waals surface area contributed by atoms with E-state index in [4.69, 9.17) is 5.26 Å². The van der Waals surface area contributed by atoms with Crippen LogP contribution >= 0.6 is 0 Å². The number of carbonyl (C=O) groups excluding carboxylic acids is 1. The van der Waals surface area contributed by atoms with E-state index in [0.29, 0.717) is 17.7 Å². The maximum Gasteiger partial charge on any atom is 0.258 e. The van der Waals surface area contributed by atoms with Gasteiger partial charge in [0.1, 0.15) is 0 Å². The highest BCUT2D eigenvalue weighted by molar-refractivity contribution is 6.07. The van der Waals surface area contributed by atoms with E-state index in [9.17, 15) is 4.79 Å². The van der Waals surface area contributed by atoms with Crippen LogP contribution in [-0.4, -0.2) is 17.4 Å². The zero-order chi connectivity index (χ0) is 17.2. The SMILES string of the molecule is N#Cc1ccc(-c2cncc3c2CCN3C(=O)c2ccccc2)cc1. The summed E-state index contributed by atoms with van der Waals surface area (Å²) in [6.45, 7) is 0.651. The van der Waals surface area contributed by atoms with E-state index in [1.54, 1.807) is 23.2 Å². The lowest BCUT2D eigenvalue weighted by Gasteiger charge is -2.17. The Bertz CT molecular complexity index is 972. The molecule has 0 radical (unpaired) electrons. The summed E-state index contributed by atoms with van der Waals surface area (Å²) < 4.78 is 0. The van der Waals surface area contributed by atoms with Crippen molar-refractivity contribution in [2.24, 2.45) is 0 Å². The number of aromatic nitrogens is 1. The van der Waals surface area contributed by atoms with Crippen molar-refractivity contribution < 1.29 is 4.79 Å². The molecule has 1 aliphatic heterocycles. The van der Waals surface area contributed by atoms with E-state index in [-0.39, 0.29) is 5.91 Å². The van der Waals surface area contributed by atoms with Gasteiger partial charge >= 0.3 is 0 Å². The highest BCUT2D eigenvalue weighted by atomic mass is 16.2. The van der Waals surface area contributed by atoms with Gasteiger partial charge in [0.15, 0.2) is 0 Å². The van der Waals surface area contributed by atoms with Gasteiger partial charge < -0.3 is 4.90 Å². The van der Waals surface area contributed by atoms with Crippen LogP contribution < -0.4 is 4.90 Å². The van der Waals surface area contributed by atoms with Gasteiger partial charge in [0, 0.05) is 23.9 Å².